The average molecular weight is 1360 g/mol. The lowest BCUT2D eigenvalue weighted by Crippen LogP contribution is -2.34. The molecule has 0 saturated carbocycles. The molecule has 12 rings (SSSR count). The highest BCUT2D eigenvalue weighted by Gasteiger charge is 2.38. The van der Waals surface area contributed by atoms with E-state index in [0.717, 1.165) is 58.4 Å². The van der Waals surface area contributed by atoms with Crippen molar-refractivity contribution in [1.82, 2.24) is 73.5 Å². The van der Waals surface area contributed by atoms with E-state index in [1.54, 1.807) is 39.8 Å². The van der Waals surface area contributed by atoms with Gasteiger partial charge < -0.3 is 44.3 Å². The van der Waals surface area contributed by atoms with Crippen molar-refractivity contribution in [3.8, 4) is 17.1 Å². The number of rotatable bonds is 16. The summed E-state index contributed by atoms with van der Waals surface area (Å²) >= 11 is 23.5. The summed E-state index contributed by atoms with van der Waals surface area (Å²) in [6, 6.07) is 22.0. The maximum atomic E-state index is 12.1. The lowest BCUT2D eigenvalue weighted by molar-refractivity contribution is 0.177. The van der Waals surface area contributed by atoms with Crippen LogP contribution in [-0.4, -0.2) is 130 Å². The second-order valence-corrected chi connectivity index (χ2v) is 22.7. The number of carbonyl (C=O) groups is 3. The van der Waals surface area contributed by atoms with Gasteiger partial charge in [-0.3, -0.25) is 0 Å². The van der Waals surface area contributed by atoms with E-state index in [2.05, 4.69) is 70.4 Å². The van der Waals surface area contributed by atoms with E-state index in [-0.39, 0.29) is 59.9 Å². The van der Waals surface area contributed by atoms with Crippen molar-refractivity contribution in [2.24, 2.45) is 5.73 Å². The highest BCUT2D eigenvalue weighted by Crippen LogP contribution is 2.28. The minimum atomic E-state index is -0.437. The fourth-order valence-corrected chi connectivity index (χ4v) is 9.91. The molecule has 3 fully saturated rings. The third-order valence-corrected chi connectivity index (χ3v) is 15.3. The topological polar surface area (TPSA) is 308 Å². The minimum absolute atomic E-state index is 0. The van der Waals surface area contributed by atoms with Crippen molar-refractivity contribution in [3.63, 3.8) is 0 Å². The van der Waals surface area contributed by atoms with Gasteiger partial charge in [0, 0.05) is 56.8 Å². The molecule has 3 aliphatic heterocycles. The highest BCUT2D eigenvalue weighted by molar-refractivity contribution is 6.31. The predicted molar refractivity (Wildman–Crippen MR) is 352 cm³/mol. The molecule has 32 heteroatoms. The molecule has 6 atom stereocenters. The molecule has 0 bridgehead atoms. The summed E-state index contributed by atoms with van der Waals surface area (Å²) in [7, 11) is 0. The Labute approximate surface area is 556 Å². The van der Waals surface area contributed by atoms with Crippen molar-refractivity contribution in [3.05, 3.63) is 165 Å². The number of nitrogens with two attached hydrogens (primary N) is 1. The number of benzene rings is 3. The molecular formula is C60H68Cl5N21O6. The van der Waals surface area contributed by atoms with Gasteiger partial charge in [-0.05, 0) is 145 Å². The van der Waals surface area contributed by atoms with Crippen LogP contribution in [0.3, 0.4) is 0 Å². The largest absolute Gasteiger partial charge is 0.447 e. The first-order chi connectivity index (χ1) is 43.7. The lowest BCUT2D eigenvalue weighted by atomic mass is 10.2. The quantitative estimate of drug-likeness (QED) is 0.0757. The molecular weight excluding hydrogens is 1290 g/mol. The number of cyclic esters (lactones) is 3. The molecule has 3 aromatic carbocycles. The number of ether oxygens (including phenoxy) is 3. The number of amides is 3. The van der Waals surface area contributed by atoms with Gasteiger partial charge in [0.1, 0.15) is 37.3 Å². The summed E-state index contributed by atoms with van der Waals surface area (Å²) in [5, 5.41) is 8.67. The lowest BCUT2D eigenvalue weighted by Gasteiger charge is -2.19. The van der Waals surface area contributed by atoms with E-state index in [9.17, 15) is 14.4 Å². The Morgan fingerprint density at radius 2 is 0.772 bits per heavy atom. The Bertz CT molecular complexity index is 3760. The Hall–Kier alpha value is -8.86. The molecule has 4 N–H and O–H groups in total. The molecule has 9 aromatic rings. The summed E-state index contributed by atoms with van der Waals surface area (Å²) < 4.78 is 21.0. The maximum absolute atomic E-state index is 12.1. The van der Waals surface area contributed by atoms with Crippen molar-refractivity contribution in [1.29, 1.82) is 0 Å². The molecule has 3 aliphatic rings. The fourth-order valence-electron chi connectivity index (χ4n) is 9.34. The van der Waals surface area contributed by atoms with Crippen molar-refractivity contribution < 1.29 is 28.6 Å². The van der Waals surface area contributed by atoms with E-state index in [0.29, 0.717) is 71.1 Å². The number of nitrogens with one attached hydrogen (secondary N) is 2. The summed E-state index contributed by atoms with van der Waals surface area (Å²) in [5.74, 6) is 3.08. The maximum Gasteiger partial charge on any atom is 0.417 e. The zero-order valence-electron chi connectivity index (χ0n) is 51.6. The van der Waals surface area contributed by atoms with Crippen LogP contribution in [0.4, 0.5) is 44.1 Å². The third-order valence-electron chi connectivity index (χ3n) is 14.3. The van der Waals surface area contributed by atoms with Gasteiger partial charge in [-0.2, -0.15) is 39.9 Å². The predicted octanol–water partition coefficient (Wildman–Crippen LogP) is 12.4. The monoisotopic (exact) mass is 1350 g/mol. The second-order valence-electron chi connectivity index (χ2n) is 21.1. The summed E-state index contributed by atoms with van der Waals surface area (Å²) in [6.45, 7) is 18.0. The Morgan fingerprint density at radius 3 is 1.08 bits per heavy atom. The van der Waals surface area contributed by atoms with Crippen LogP contribution in [-0.2, 0) is 14.2 Å². The van der Waals surface area contributed by atoms with Gasteiger partial charge in [0.2, 0.25) is 35.0 Å². The zero-order valence-corrected chi connectivity index (χ0v) is 55.4. The molecule has 1 unspecified atom stereocenters. The van der Waals surface area contributed by atoms with Crippen LogP contribution in [0.2, 0.25) is 20.4 Å². The number of carbonyl (C=O) groups excluding carboxylic acids is 3. The number of anilines is 5. The molecule has 6 aromatic heterocycles. The minimum Gasteiger partial charge on any atom is -0.447 e. The molecule has 484 valence electrons. The Balaban J connectivity index is 0.000000165. The van der Waals surface area contributed by atoms with Crippen molar-refractivity contribution in [2.75, 3.05) is 45.2 Å². The number of hydrogen-bond acceptors (Lipinski definition) is 21. The van der Waals surface area contributed by atoms with Crippen LogP contribution < -0.4 is 31.1 Å². The number of aryl methyl sites for hydroxylation is 3. The van der Waals surface area contributed by atoms with Gasteiger partial charge in [-0.25, -0.2) is 49.0 Å². The number of nitrogens with zero attached hydrogens (tertiary/aromatic N) is 18. The van der Waals surface area contributed by atoms with E-state index >= 15 is 0 Å². The third kappa shape index (κ3) is 17.4. The second kappa shape index (κ2) is 31.4. The first-order valence-corrected chi connectivity index (χ1v) is 30.6. The summed E-state index contributed by atoms with van der Waals surface area (Å²) in [6.07, 6.45) is 12.0. The van der Waals surface area contributed by atoms with Gasteiger partial charge in [-0.15, -0.1) is 12.4 Å². The van der Waals surface area contributed by atoms with Crippen LogP contribution in [0, 0.1) is 20.8 Å². The van der Waals surface area contributed by atoms with Gasteiger partial charge in [0.05, 0.1) is 66.3 Å². The number of imidazole rings is 3. The molecule has 3 saturated heterocycles. The van der Waals surface area contributed by atoms with Gasteiger partial charge in [-0.1, -0.05) is 55.6 Å². The first-order valence-electron chi connectivity index (χ1n) is 29.1. The van der Waals surface area contributed by atoms with E-state index in [4.69, 9.17) is 66.3 Å². The van der Waals surface area contributed by atoms with E-state index in [1.807, 2.05) is 147 Å². The number of aromatic nitrogens is 15. The average Bonchev–Trinajstić information content (AvgIpc) is 1.84. The van der Waals surface area contributed by atoms with Crippen LogP contribution in [0.1, 0.15) is 113 Å². The summed E-state index contributed by atoms with van der Waals surface area (Å²) in [5.41, 5.74) is 11.2. The van der Waals surface area contributed by atoms with Gasteiger partial charge in [0.25, 0.3) is 0 Å². The van der Waals surface area contributed by atoms with Crippen LogP contribution in [0.15, 0.2) is 110 Å². The first kappa shape index (κ1) is 69.0. The normalized spacial score (nSPS) is 16.7. The van der Waals surface area contributed by atoms with Gasteiger partial charge >= 0.3 is 18.3 Å². The Kier molecular flexibility index (Phi) is 23.6. The zero-order chi connectivity index (χ0) is 65.0. The Morgan fingerprint density at radius 1 is 0.467 bits per heavy atom. The molecule has 92 heavy (non-hydrogen) atoms. The van der Waals surface area contributed by atoms with E-state index in [1.165, 1.54) is 14.7 Å². The van der Waals surface area contributed by atoms with Crippen molar-refractivity contribution in [2.45, 2.75) is 118 Å². The molecule has 9 heterocycles. The van der Waals surface area contributed by atoms with E-state index < -0.39 is 18.3 Å². The molecule has 27 nitrogen and oxygen atoms in total. The molecule has 0 radical (unpaired) electrons. The molecule has 3 amide bonds. The van der Waals surface area contributed by atoms with Crippen LogP contribution in [0.25, 0.3) is 17.1 Å². The summed E-state index contributed by atoms with van der Waals surface area (Å²) in [4.78, 5) is 91.5. The smallest absolute Gasteiger partial charge is 0.417 e. The molecule has 0 spiro atoms. The standard InChI is InChI=1S/2C20H22ClN7O2.C11H12ClN3.C9H11ClN4O2.ClH/c2*1-4-15-10-30-20(29)28(15)19-25-13(3)24-18(26-19)23-12(2)17-9-27(11-22-17)16-7-5-14(21)6-8-16;1-8(13)11-6-15(7-14-11)10-4-2-9(12)3-5-10;1-3-6-4-16-9(15)14(6)8-12-5(2)11-7(10)13-8;/h2*5-9,11-12,15H,4,10H2,1-3H3,(H,23,24,25,26);2-8H,13H2,1H3;6H,3-4H2,1-2H3;1H/t12-,15+;12-,15-;;6-;/m10.0./s1. The van der Waals surface area contributed by atoms with Crippen LogP contribution >= 0.6 is 58.8 Å². The van der Waals surface area contributed by atoms with Crippen molar-refractivity contribution >= 4 is 107 Å². The number of halogens is 5. The highest BCUT2D eigenvalue weighted by atomic mass is 35.5. The van der Waals surface area contributed by atoms with Crippen LogP contribution in [0.5, 0.6) is 0 Å². The molecule has 0 aliphatic carbocycles. The fraction of sp³-hybridized carbons (Fsp3) is 0.350. The van der Waals surface area contributed by atoms with Gasteiger partial charge in [0.15, 0.2) is 0 Å². The number of hydrogen-bond donors (Lipinski definition) is 3. The SMILES string of the molecule is CC(N)c1cn(-c2ccc(Cl)cc2)cn1.CC[C@H]1COC(=O)N1c1nc(C)nc(Cl)n1.CC[C@H]1COC(=O)N1c1nc(C)nc(N[C@@H](C)c2cn(-c3ccc(Cl)cc3)cn2)n1.CC[C@H]1COC(=O)N1c1nc(C)nc(N[C@H](C)c2cn(-c3ccc(Cl)cc3)cn2)n1.Cl.